The average Bonchev–Trinajstić information content (AvgIpc) is 1.55. The highest BCUT2D eigenvalue weighted by atomic mass is 14.9. The van der Waals surface area contributed by atoms with Crippen molar-refractivity contribution in [1.82, 2.24) is 0 Å². The second-order valence-electron chi connectivity index (χ2n) is 28.8. The second-order valence-corrected chi connectivity index (χ2v) is 28.8. The molecule has 5 aliphatic rings. The van der Waals surface area contributed by atoms with Crippen LogP contribution in [0.3, 0.4) is 0 Å². The third kappa shape index (κ3) is 7.51. The van der Waals surface area contributed by atoms with E-state index in [1.165, 1.54) is 139 Å². The number of anilines is 4. The zero-order chi connectivity index (χ0) is 61.3. The van der Waals surface area contributed by atoms with E-state index in [9.17, 15) is 0 Å². The Balaban J connectivity index is 0.771. The molecule has 90 heavy (non-hydrogen) atoms. The van der Waals surface area contributed by atoms with Crippen LogP contribution in [0.1, 0.15) is 141 Å². The fourth-order valence-electron chi connectivity index (χ4n) is 18.1. The van der Waals surface area contributed by atoms with E-state index in [4.69, 9.17) is 0 Å². The Morgan fingerprint density at radius 1 is 0.256 bits per heavy atom. The van der Waals surface area contributed by atoms with Gasteiger partial charge in [0, 0.05) is 66.4 Å². The first-order chi connectivity index (χ1) is 43.5. The molecule has 0 heterocycles. The Morgan fingerprint density at radius 3 is 1.03 bits per heavy atom. The molecule has 12 aromatic rings. The molecule has 0 saturated carbocycles. The summed E-state index contributed by atoms with van der Waals surface area (Å²) in [5, 5.41) is 8.12. The Kier molecular flexibility index (Phi) is 11.6. The molecule has 0 aromatic heterocycles. The minimum Gasteiger partial charge on any atom is -0.355 e. The quantitative estimate of drug-likeness (QED) is 0.151. The fraction of sp³-hybridized carbons (Fsp3) is 0.182. The number of fused-ring (bicyclic) bond motifs is 13. The molecular weight excluding hydrogens is 1080 g/mol. The lowest BCUT2D eigenvalue weighted by Crippen LogP contribution is -2.30. The Morgan fingerprint density at radius 2 is 0.589 bits per heavy atom. The van der Waals surface area contributed by atoms with Crippen LogP contribution in [-0.4, -0.2) is 0 Å². The highest BCUT2D eigenvalue weighted by Gasteiger charge is 2.53. The summed E-state index contributed by atoms with van der Waals surface area (Å²) in [7, 11) is 0. The van der Waals surface area contributed by atoms with Gasteiger partial charge < -0.3 is 10.6 Å². The predicted octanol–water partition coefficient (Wildman–Crippen LogP) is 22.8. The summed E-state index contributed by atoms with van der Waals surface area (Å²) in [6.45, 7) is 21.6. The lowest BCUT2D eigenvalue weighted by atomic mass is 9.67. The van der Waals surface area contributed by atoms with Gasteiger partial charge in [-0.15, -0.1) is 0 Å². The fourth-order valence-corrected chi connectivity index (χ4v) is 18.1. The van der Waals surface area contributed by atoms with Crippen molar-refractivity contribution in [2.45, 2.75) is 101 Å². The van der Waals surface area contributed by atoms with Crippen LogP contribution in [0.5, 0.6) is 0 Å². The van der Waals surface area contributed by atoms with Crippen LogP contribution in [0.2, 0.25) is 0 Å². The van der Waals surface area contributed by atoms with E-state index in [2.05, 4.69) is 334 Å². The zero-order valence-corrected chi connectivity index (χ0v) is 53.0. The highest BCUT2D eigenvalue weighted by Crippen LogP contribution is 2.62. The molecule has 17 rings (SSSR count). The van der Waals surface area contributed by atoms with Gasteiger partial charge in [-0.2, -0.15) is 0 Å². The molecule has 436 valence electrons. The average molecular weight is 1160 g/mol. The molecule has 0 saturated heterocycles. The Hall–Kier alpha value is -9.76. The highest BCUT2D eigenvalue weighted by molar-refractivity contribution is 5.98. The van der Waals surface area contributed by atoms with Gasteiger partial charge in [-0.3, -0.25) is 0 Å². The van der Waals surface area contributed by atoms with Gasteiger partial charge in [0.15, 0.2) is 0 Å². The minimum atomic E-state index is -0.452. The van der Waals surface area contributed by atoms with Gasteiger partial charge in [0.1, 0.15) is 0 Å². The van der Waals surface area contributed by atoms with Gasteiger partial charge >= 0.3 is 0 Å². The van der Waals surface area contributed by atoms with E-state index in [0.717, 1.165) is 29.2 Å². The molecule has 2 atom stereocenters. The monoisotopic (exact) mass is 1160 g/mol. The molecule has 2 nitrogen and oxygen atoms in total. The molecule has 2 heteroatoms. The van der Waals surface area contributed by atoms with Crippen molar-refractivity contribution in [3.63, 3.8) is 0 Å². The third-order valence-electron chi connectivity index (χ3n) is 22.5. The maximum absolute atomic E-state index is 4.06. The molecule has 2 unspecified atom stereocenters. The second kappa shape index (κ2) is 19.1. The molecule has 0 radical (unpaired) electrons. The van der Waals surface area contributed by atoms with Gasteiger partial charge in [0.2, 0.25) is 0 Å². The maximum atomic E-state index is 4.06. The van der Waals surface area contributed by atoms with Crippen LogP contribution in [0.25, 0.3) is 66.8 Å². The normalized spacial score (nSPS) is 18.9. The van der Waals surface area contributed by atoms with Crippen LogP contribution in [0, 0.1) is 0 Å². The van der Waals surface area contributed by atoms with Crippen LogP contribution in [0.4, 0.5) is 22.7 Å². The molecular formula is C88H74N2. The van der Waals surface area contributed by atoms with Crippen LogP contribution < -0.4 is 10.6 Å². The van der Waals surface area contributed by atoms with E-state index in [0.29, 0.717) is 0 Å². The van der Waals surface area contributed by atoms with Crippen molar-refractivity contribution < 1.29 is 0 Å². The Bertz CT molecular complexity index is 4980. The van der Waals surface area contributed by atoms with E-state index in [-0.39, 0.29) is 27.1 Å². The van der Waals surface area contributed by atoms with Crippen LogP contribution >= 0.6 is 0 Å². The van der Waals surface area contributed by atoms with Crippen molar-refractivity contribution >= 4 is 22.7 Å². The largest absolute Gasteiger partial charge is 0.355 e. The van der Waals surface area contributed by atoms with E-state index >= 15 is 0 Å². The van der Waals surface area contributed by atoms with Gasteiger partial charge in [0.25, 0.3) is 0 Å². The summed E-state index contributed by atoms with van der Waals surface area (Å²) in [5.74, 6) is 0. The summed E-state index contributed by atoms with van der Waals surface area (Å²) < 4.78 is 0. The Labute approximate surface area is 531 Å². The molecule has 0 aliphatic heterocycles. The summed E-state index contributed by atoms with van der Waals surface area (Å²) in [6, 6.07) is 99.6. The lowest BCUT2D eigenvalue weighted by Gasteiger charge is -2.35. The molecule has 2 N–H and O–H groups in total. The summed E-state index contributed by atoms with van der Waals surface area (Å²) in [5.41, 5.74) is 36.1. The first kappa shape index (κ1) is 54.4. The third-order valence-corrected chi connectivity index (χ3v) is 22.5. The van der Waals surface area contributed by atoms with E-state index in [1.54, 1.807) is 0 Å². The molecule has 0 bridgehead atoms. The summed E-state index contributed by atoms with van der Waals surface area (Å²) in [4.78, 5) is 0. The molecule has 5 aliphatic carbocycles. The van der Waals surface area contributed by atoms with Gasteiger partial charge in [-0.1, -0.05) is 287 Å². The number of nitrogens with one attached hydrogen (secondary N) is 2. The van der Waals surface area contributed by atoms with Crippen LogP contribution in [-0.2, 0) is 32.5 Å². The standard InChI is InChI=1S/C88H74N2/c1-83(2)69-29-17-13-25-61(69)65-45-43-59(51-75(65)83)89-77-49-47-67-63-27-15-19-31-71(63)85(5,6)81(67)79(77)54-35-39-56(40-36-54)87(9)53-88(57-23-11-10-12-24-57,74-34-22-21-33-73(74)87)58-41-37-55(38-42-58)80-78(50-48-68-64-28-16-20-32-72(64)86(7,8)82(68)80)90-60-44-46-66-62-26-14-18-30-70(62)84(3,4)76(66)52-60/h10-52,89-90H,53H2,1-9H3. The molecule has 0 fully saturated rings. The molecule has 0 amide bonds. The maximum Gasteiger partial charge on any atom is 0.0467 e. The summed E-state index contributed by atoms with van der Waals surface area (Å²) >= 11 is 0. The number of benzene rings is 12. The van der Waals surface area contributed by atoms with Crippen molar-refractivity contribution in [2.75, 3.05) is 10.6 Å². The van der Waals surface area contributed by atoms with Crippen molar-refractivity contribution in [1.29, 1.82) is 0 Å². The summed E-state index contributed by atoms with van der Waals surface area (Å²) in [6.07, 6.45) is 0.866. The van der Waals surface area contributed by atoms with Crippen molar-refractivity contribution in [3.05, 3.63) is 333 Å². The smallest absolute Gasteiger partial charge is 0.0467 e. The number of hydrogen-bond donors (Lipinski definition) is 2. The van der Waals surface area contributed by atoms with Gasteiger partial charge in [-0.05, 0) is 171 Å². The van der Waals surface area contributed by atoms with E-state index < -0.39 is 5.41 Å². The molecule has 12 aromatic carbocycles. The lowest BCUT2D eigenvalue weighted by molar-refractivity contribution is 0.473. The number of rotatable bonds is 9. The zero-order valence-electron chi connectivity index (χ0n) is 53.0. The minimum absolute atomic E-state index is 0.105. The SMILES string of the molecule is CC1(C)c2ccccc2-c2ccc(Nc3ccc4c(c3-c3ccc(C5(C)CC(c6ccccc6)(c6ccc(-c7c(Nc8ccc9c(c8)C(C)(C)c8ccccc8-9)ccc8c7C(C)(C)c7ccccc7-8)cc6)c6ccccc65)cc3)C(C)(C)c3ccccc3-4)cc21. The molecule has 0 spiro atoms. The first-order valence-corrected chi connectivity index (χ1v) is 32.4. The van der Waals surface area contributed by atoms with E-state index in [1.807, 2.05) is 0 Å². The van der Waals surface area contributed by atoms with Gasteiger partial charge in [0.05, 0.1) is 0 Å². The van der Waals surface area contributed by atoms with Crippen molar-refractivity contribution in [3.8, 4) is 66.8 Å². The predicted molar refractivity (Wildman–Crippen MR) is 377 cm³/mol. The van der Waals surface area contributed by atoms with Crippen molar-refractivity contribution in [2.24, 2.45) is 0 Å². The number of hydrogen-bond acceptors (Lipinski definition) is 2. The van der Waals surface area contributed by atoms with Crippen LogP contribution in [0.15, 0.2) is 261 Å². The van der Waals surface area contributed by atoms with Gasteiger partial charge in [-0.25, -0.2) is 0 Å². The topological polar surface area (TPSA) is 24.1 Å². The first-order valence-electron chi connectivity index (χ1n) is 32.4.